The minimum atomic E-state index is -0.524. The highest BCUT2D eigenvalue weighted by atomic mass is 19.1. The van der Waals surface area contributed by atoms with Gasteiger partial charge in [-0.25, -0.2) is 4.39 Å². The van der Waals surface area contributed by atoms with Gasteiger partial charge in [0.2, 0.25) is 0 Å². The topological polar surface area (TPSA) is 49.4 Å². The van der Waals surface area contributed by atoms with Crippen molar-refractivity contribution in [1.82, 2.24) is 4.90 Å². The van der Waals surface area contributed by atoms with Gasteiger partial charge in [0.1, 0.15) is 5.82 Å². The van der Waals surface area contributed by atoms with E-state index in [1.165, 1.54) is 12.1 Å². The van der Waals surface area contributed by atoms with Crippen LogP contribution in [0.1, 0.15) is 31.8 Å². The highest BCUT2D eigenvalue weighted by molar-refractivity contribution is 6.21. The van der Waals surface area contributed by atoms with Gasteiger partial charge in [-0.15, -0.1) is 0 Å². The third-order valence-electron chi connectivity index (χ3n) is 3.74. The van der Waals surface area contributed by atoms with Crippen LogP contribution in [0.5, 0.6) is 0 Å². The van der Waals surface area contributed by atoms with Crippen molar-refractivity contribution in [2.45, 2.75) is 13.8 Å². The summed E-state index contributed by atoms with van der Waals surface area (Å²) in [4.78, 5) is 25.5. The molecule has 1 aliphatic rings. The van der Waals surface area contributed by atoms with Crippen LogP contribution in [0.4, 0.5) is 10.1 Å². The van der Waals surface area contributed by atoms with Gasteiger partial charge in [-0.1, -0.05) is 17.7 Å². The number of benzene rings is 2. The Morgan fingerprint density at radius 3 is 2.45 bits per heavy atom. The number of aryl methyl sites for hydroxylation is 2. The van der Waals surface area contributed by atoms with Gasteiger partial charge in [0.25, 0.3) is 11.8 Å². The van der Waals surface area contributed by atoms with Crippen molar-refractivity contribution in [3.63, 3.8) is 0 Å². The van der Waals surface area contributed by atoms with Crippen LogP contribution in [0.2, 0.25) is 0 Å². The van der Waals surface area contributed by atoms with Gasteiger partial charge in [0, 0.05) is 5.69 Å². The molecule has 0 atom stereocenters. The van der Waals surface area contributed by atoms with E-state index in [0.29, 0.717) is 0 Å². The molecule has 0 aliphatic carbocycles. The smallest absolute Gasteiger partial charge is 0.263 e. The molecule has 0 unspecified atom stereocenters. The van der Waals surface area contributed by atoms with Gasteiger partial charge in [-0.2, -0.15) is 0 Å². The molecular formula is C17H15FN2O2. The Morgan fingerprint density at radius 2 is 1.73 bits per heavy atom. The first-order valence-electron chi connectivity index (χ1n) is 6.94. The zero-order valence-electron chi connectivity index (χ0n) is 12.3. The number of nitrogens with zero attached hydrogens (tertiary/aromatic N) is 1. The summed E-state index contributed by atoms with van der Waals surface area (Å²) in [5.74, 6) is -1.40. The van der Waals surface area contributed by atoms with Gasteiger partial charge in [-0.3, -0.25) is 14.5 Å². The van der Waals surface area contributed by atoms with E-state index >= 15 is 0 Å². The maximum Gasteiger partial charge on any atom is 0.263 e. The Hall–Kier alpha value is -2.69. The summed E-state index contributed by atoms with van der Waals surface area (Å²) in [6.45, 7) is 4.00. The quantitative estimate of drug-likeness (QED) is 0.886. The molecule has 0 radical (unpaired) electrons. The summed E-state index contributed by atoms with van der Waals surface area (Å²) < 4.78 is 13.2. The maximum atomic E-state index is 13.2. The van der Waals surface area contributed by atoms with E-state index in [0.717, 1.165) is 27.8 Å². The number of halogens is 1. The normalized spacial score (nSPS) is 13.5. The first-order chi connectivity index (χ1) is 10.5. The summed E-state index contributed by atoms with van der Waals surface area (Å²) in [7, 11) is 0. The van der Waals surface area contributed by atoms with E-state index in [4.69, 9.17) is 0 Å². The lowest BCUT2D eigenvalue weighted by Crippen LogP contribution is -2.34. The minimum Gasteiger partial charge on any atom is -0.367 e. The molecule has 1 aliphatic heterocycles. The Morgan fingerprint density at radius 1 is 1.00 bits per heavy atom. The van der Waals surface area contributed by atoms with Crippen LogP contribution < -0.4 is 5.32 Å². The van der Waals surface area contributed by atoms with Crippen molar-refractivity contribution < 1.29 is 14.0 Å². The van der Waals surface area contributed by atoms with Crippen LogP contribution in [-0.4, -0.2) is 23.4 Å². The molecule has 0 fully saturated rings. The fraction of sp³-hybridized carbons (Fsp3) is 0.176. The SMILES string of the molecule is Cc1ccc(NCN2C(=O)c3ccc(F)cc3C2=O)c(C)c1. The van der Waals surface area contributed by atoms with Crippen LogP contribution in [0.15, 0.2) is 36.4 Å². The number of hydrogen-bond donors (Lipinski definition) is 1. The Labute approximate surface area is 127 Å². The number of hydrogen-bond acceptors (Lipinski definition) is 3. The summed E-state index contributed by atoms with van der Waals surface area (Å²) in [6.07, 6.45) is 0. The van der Waals surface area contributed by atoms with Crippen LogP contribution in [0.25, 0.3) is 0 Å². The first-order valence-corrected chi connectivity index (χ1v) is 6.94. The Kier molecular flexibility index (Phi) is 3.41. The van der Waals surface area contributed by atoms with Crippen molar-refractivity contribution in [3.8, 4) is 0 Å². The third-order valence-corrected chi connectivity index (χ3v) is 3.74. The van der Waals surface area contributed by atoms with Crippen molar-refractivity contribution in [3.05, 3.63) is 64.5 Å². The molecule has 0 bridgehead atoms. The molecule has 2 aromatic carbocycles. The van der Waals surface area contributed by atoms with E-state index < -0.39 is 17.6 Å². The maximum absolute atomic E-state index is 13.2. The number of imide groups is 1. The number of anilines is 1. The second-order valence-corrected chi connectivity index (χ2v) is 5.38. The average Bonchev–Trinajstić information content (AvgIpc) is 2.70. The van der Waals surface area contributed by atoms with Gasteiger partial charge in [-0.05, 0) is 43.7 Å². The minimum absolute atomic E-state index is 0.0534. The van der Waals surface area contributed by atoms with Gasteiger partial charge >= 0.3 is 0 Å². The molecule has 1 N–H and O–H groups in total. The Balaban J connectivity index is 1.80. The number of nitrogens with one attached hydrogen (secondary N) is 1. The number of rotatable bonds is 3. The van der Waals surface area contributed by atoms with Crippen LogP contribution in [-0.2, 0) is 0 Å². The number of amides is 2. The molecule has 2 amide bonds. The number of fused-ring (bicyclic) bond motifs is 1. The number of carbonyl (C=O) groups is 2. The molecule has 3 rings (SSSR count). The van der Waals surface area contributed by atoms with Gasteiger partial charge < -0.3 is 5.32 Å². The first kappa shape index (κ1) is 14.3. The molecule has 0 spiro atoms. The van der Waals surface area contributed by atoms with Crippen molar-refractivity contribution >= 4 is 17.5 Å². The summed E-state index contributed by atoms with van der Waals surface area (Å²) >= 11 is 0. The van der Waals surface area contributed by atoms with E-state index in [1.54, 1.807) is 0 Å². The molecule has 0 saturated carbocycles. The van der Waals surface area contributed by atoms with Crippen LogP contribution in [0.3, 0.4) is 0 Å². The van der Waals surface area contributed by atoms with Gasteiger partial charge in [0.15, 0.2) is 0 Å². The molecule has 5 heteroatoms. The summed E-state index contributed by atoms with van der Waals surface area (Å²) in [5.41, 5.74) is 3.39. The highest BCUT2D eigenvalue weighted by Crippen LogP contribution is 2.24. The van der Waals surface area contributed by atoms with E-state index in [9.17, 15) is 14.0 Å². The van der Waals surface area contributed by atoms with E-state index in [1.807, 2.05) is 32.0 Å². The van der Waals surface area contributed by atoms with E-state index in [-0.39, 0.29) is 17.8 Å². The second-order valence-electron chi connectivity index (χ2n) is 5.38. The molecule has 4 nitrogen and oxygen atoms in total. The van der Waals surface area contributed by atoms with Crippen LogP contribution in [0, 0.1) is 19.7 Å². The predicted molar refractivity (Wildman–Crippen MR) is 81.3 cm³/mol. The van der Waals surface area contributed by atoms with Gasteiger partial charge in [0.05, 0.1) is 17.8 Å². The molecule has 1 heterocycles. The second kappa shape index (κ2) is 5.26. The molecule has 22 heavy (non-hydrogen) atoms. The fourth-order valence-corrected chi connectivity index (χ4v) is 2.58. The molecule has 0 saturated heterocycles. The zero-order valence-corrected chi connectivity index (χ0v) is 12.3. The molecule has 2 aromatic rings. The Bertz CT molecular complexity index is 786. The highest BCUT2D eigenvalue weighted by Gasteiger charge is 2.35. The number of carbonyl (C=O) groups excluding carboxylic acids is 2. The monoisotopic (exact) mass is 298 g/mol. The largest absolute Gasteiger partial charge is 0.367 e. The predicted octanol–water partition coefficient (Wildman–Crippen LogP) is 3.11. The average molecular weight is 298 g/mol. The van der Waals surface area contributed by atoms with Crippen molar-refractivity contribution in [1.29, 1.82) is 0 Å². The van der Waals surface area contributed by atoms with Crippen LogP contribution >= 0.6 is 0 Å². The lowest BCUT2D eigenvalue weighted by atomic mass is 10.1. The third kappa shape index (κ3) is 2.35. The zero-order chi connectivity index (χ0) is 15.9. The summed E-state index contributed by atoms with van der Waals surface area (Å²) in [6, 6.07) is 9.51. The standard InChI is InChI=1S/C17H15FN2O2/c1-10-3-6-15(11(2)7-10)19-9-20-16(21)13-5-4-12(18)8-14(13)17(20)22/h3-8,19H,9H2,1-2H3. The molecule has 0 aromatic heterocycles. The molecular weight excluding hydrogens is 283 g/mol. The fourth-order valence-electron chi connectivity index (χ4n) is 2.58. The van der Waals surface area contributed by atoms with Crippen molar-refractivity contribution in [2.24, 2.45) is 0 Å². The van der Waals surface area contributed by atoms with E-state index in [2.05, 4.69) is 5.32 Å². The lowest BCUT2D eigenvalue weighted by molar-refractivity contribution is 0.0665. The molecule has 112 valence electrons. The lowest BCUT2D eigenvalue weighted by Gasteiger charge is -2.17. The summed E-state index contributed by atoms with van der Waals surface area (Å²) in [5, 5.41) is 3.08. The van der Waals surface area contributed by atoms with Crippen molar-refractivity contribution in [2.75, 3.05) is 12.0 Å².